The highest BCUT2D eigenvalue weighted by Crippen LogP contribution is 1.78. The van der Waals surface area contributed by atoms with Gasteiger partial charge in [0.2, 0.25) is 0 Å². The molecule has 0 aromatic carbocycles. The van der Waals surface area contributed by atoms with Gasteiger partial charge in [0.25, 0.3) is 0 Å². The van der Waals surface area contributed by atoms with Crippen LogP contribution in [0, 0.1) is 0 Å². The highest BCUT2D eigenvalue weighted by Gasteiger charge is 1.76. The zero-order chi connectivity index (χ0) is 11.1. The van der Waals surface area contributed by atoms with Crippen LogP contribution >= 0.6 is 0 Å². The molecule has 0 aliphatic heterocycles. The van der Waals surface area contributed by atoms with E-state index in [0.717, 1.165) is 12.8 Å². The maximum absolute atomic E-state index is 9.81. The summed E-state index contributed by atoms with van der Waals surface area (Å²) in [6.45, 7) is 7.76. The smallest absolute Gasteiger partial charge is 0.129 e. The Bertz CT molecular complexity index is 80.2. The normalized spacial score (nSPS) is 7.54. The molecule has 0 rings (SSSR count). The van der Waals surface area contributed by atoms with E-state index in [1.807, 2.05) is 6.92 Å². The van der Waals surface area contributed by atoms with E-state index in [1.165, 1.54) is 0 Å². The molecule has 0 spiro atoms. The number of hydrogen-bond acceptors (Lipinski definition) is 3. The summed E-state index contributed by atoms with van der Waals surface area (Å²) in [5, 5.41) is 15.6. The van der Waals surface area contributed by atoms with Gasteiger partial charge < -0.3 is 15.0 Å². The van der Waals surface area contributed by atoms with E-state index in [9.17, 15) is 4.79 Å². The largest absolute Gasteiger partial charge is 0.397 e. The molecular weight excluding hydrogens is 168 g/mol. The van der Waals surface area contributed by atoms with Crippen molar-refractivity contribution in [1.82, 2.24) is 0 Å². The first-order chi connectivity index (χ1) is 6.10. The molecule has 0 unspecified atom stereocenters. The molecule has 0 heterocycles. The number of rotatable bonds is 3. The molecule has 13 heavy (non-hydrogen) atoms. The van der Waals surface area contributed by atoms with Crippen LogP contribution in [0.15, 0.2) is 0 Å². The molecule has 0 fully saturated rings. The summed E-state index contributed by atoms with van der Waals surface area (Å²) < 4.78 is 0. The second-order valence-electron chi connectivity index (χ2n) is 2.45. The number of hydrogen-bond donors (Lipinski definition) is 2. The van der Waals surface area contributed by atoms with Gasteiger partial charge >= 0.3 is 0 Å². The Balaban J connectivity index is -0.000000120. The van der Waals surface area contributed by atoms with E-state index in [-0.39, 0.29) is 12.4 Å². The first-order valence-corrected chi connectivity index (χ1v) is 4.81. The van der Waals surface area contributed by atoms with Crippen molar-refractivity contribution in [1.29, 1.82) is 0 Å². The molecule has 82 valence electrons. The fourth-order valence-electron chi connectivity index (χ4n) is 0.158. The Hall–Kier alpha value is -0.410. The van der Waals surface area contributed by atoms with Gasteiger partial charge in [0, 0.05) is 19.6 Å². The Morgan fingerprint density at radius 1 is 1.15 bits per heavy atom. The molecule has 0 saturated heterocycles. The highest BCUT2D eigenvalue weighted by molar-refractivity contribution is 5.74. The SMILES string of the molecule is CCC(C)=O.CCCCO.CCO. The Morgan fingerprint density at radius 2 is 1.46 bits per heavy atom. The van der Waals surface area contributed by atoms with Crippen LogP contribution in [0.3, 0.4) is 0 Å². The van der Waals surface area contributed by atoms with Gasteiger partial charge in [0.1, 0.15) is 5.78 Å². The van der Waals surface area contributed by atoms with Crippen LogP contribution in [0.2, 0.25) is 0 Å². The van der Waals surface area contributed by atoms with Gasteiger partial charge in [0.05, 0.1) is 0 Å². The lowest BCUT2D eigenvalue weighted by Gasteiger charge is -1.79. The first kappa shape index (κ1) is 18.4. The molecule has 3 heteroatoms. The predicted octanol–water partition coefficient (Wildman–Crippen LogP) is 1.76. The van der Waals surface area contributed by atoms with E-state index in [2.05, 4.69) is 6.92 Å². The van der Waals surface area contributed by atoms with Crippen LogP contribution in [-0.2, 0) is 4.79 Å². The molecule has 0 radical (unpaired) electrons. The number of aliphatic hydroxyl groups excluding tert-OH is 2. The third-order valence-electron chi connectivity index (χ3n) is 1.01. The van der Waals surface area contributed by atoms with Gasteiger partial charge in [-0.25, -0.2) is 0 Å². The topological polar surface area (TPSA) is 57.5 Å². The maximum Gasteiger partial charge on any atom is 0.129 e. The molecule has 0 atom stereocenters. The van der Waals surface area contributed by atoms with Gasteiger partial charge in [-0.15, -0.1) is 0 Å². The van der Waals surface area contributed by atoms with E-state index >= 15 is 0 Å². The van der Waals surface area contributed by atoms with E-state index < -0.39 is 0 Å². The average molecular weight is 192 g/mol. The third-order valence-corrected chi connectivity index (χ3v) is 1.01. The van der Waals surface area contributed by atoms with Crippen LogP contribution in [0.4, 0.5) is 0 Å². The zero-order valence-electron chi connectivity index (χ0n) is 9.34. The summed E-state index contributed by atoms with van der Waals surface area (Å²) >= 11 is 0. The van der Waals surface area contributed by atoms with E-state index in [0.29, 0.717) is 13.0 Å². The summed E-state index contributed by atoms with van der Waals surface area (Å²) in [6, 6.07) is 0. The van der Waals surface area contributed by atoms with Crippen molar-refractivity contribution in [3.8, 4) is 0 Å². The second-order valence-corrected chi connectivity index (χ2v) is 2.45. The zero-order valence-corrected chi connectivity index (χ0v) is 9.34. The lowest BCUT2D eigenvalue weighted by atomic mass is 10.4. The molecule has 0 aromatic heterocycles. The summed E-state index contributed by atoms with van der Waals surface area (Å²) in [6.07, 6.45) is 2.70. The molecule has 0 saturated carbocycles. The fraction of sp³-hybridized carbons (Fsp3) is 0.900. The molecule has 0 aliphatic carbocycles. The monoisotopic (exact) mass is 192 g/mol. The molecule has 2 N–H and O–H groups in total. The second kappa shape index (κ2) is 22.6. The lowest BCUT2D eigenvalue weighted by molar-refractivity contribution is -0.116. The van der Waals surface area contributed by atoms with Crippen LogP contribution in [0.5, 0.6) is 0 Å². The number of Topliss-reactive ketones (excluding diaryl/α,β-unsaturated/α-hetero) is 1. The van der Waals surface area contributed by atoms with Crippen LogP contribution in [-0.4, -0.2) is 29.2 Å². The molecule has 0 aliphatic rings. The Morgan fingerprint density at radius 3 is 1.46 bits per heavy atom. The fourth-order valence-corrected chi connectivity index (χ4v) is 0.158. The quantitative estimate of drug-likeness (QED) is 0.716. The first-order valence-electron chi connectivity index (χ1n) is 4.81. The van der Waals surface area contributed by atoms with Gasteiger partial charge in [-0.2, -0.15) is 0 Å². The van der Waals surface area contributed by atoms with Crippen molar-refractivity contribution in [3.63, 3.8) is 0 Å². The van der Waals surface area contributed by atoms with Gasteiger partial charge in [0.15, 0.2) is 0 Å². The van der Waals surface area contributed by atoms with Crippen molar-refractivity contribution in [3.05, 3.63) is 0 Å². The van der Waals surface area contributed by atoms with Crippen LogP contribution in [0.25, 0.3) is 0 Å². The minimum Gasteiger partial charge on any atom is -0.397 e. The maximum atomic E-state index is 9.81. The lowest BCUT2D eigenvalue weighted by Crippen LogP contribution is -1.80. The number of ketones is 1. The van der Waals surface area contributed by atoms with Gasteiger partial charge in [-0.05, 0) is 20.3 Å². The van der Waals surface area contributed by atoms with Crippen molar-refractivity contribution in [2.24, 2.45) is 0 Å². The van der Waals surface area contributed by atoms with Crippen LogP contribution in [0.1, 0.15) is 47.0 Å². The minimum absolute atomic E-state index is 0.250. The third kappa shape index (κ3) is 82.7. The predicted molar refractivity (Wildman–Crippen MR) is 55.7 cm³/mol. The highest BCUT2D eigenvalue weighted by atomic mass is 16.3. The summed E-state index contributed by atoms with van der Waals surface area (Å²) in [4.78, 5) is 9.81. The average Bonchev–Trinajstić information content (AvgIpc) is 2.08. The van der Waals surface area contributed by atoms with Crippen molar-refractivity contribution in [2.75, 3.05) is 13.2 Å². The number of carbonyl (C=O) groups is 1. The van der Waals surface area contributed by atoms with Gasteiger partial charge in [-0.3, -0.25) is 0 Å². The van der Waals surface area contributed by atoms with E-state index in [4.69, 9.17) is 10.2 Å². The number of carbonyl (C=O) groups excluding carboxylic acids is 1. The molecule has 0 amide bonds. The summed E-state index contributed by atoms with van der Waals surface area (Å²) in [5.74, 6) is 0.255. The minimum atomic E-state index is 0.250. The van der Waals surface area contributed by atoms with Crippen molar-refractivity contribution >= 4 is 5.78 Å². The molecule has 3 nitrogen and oxygen atoms in total. The van der Waals surface area contributed by atoms with Crippen molar-refractivity contribution < 1.29 is 15.0 Å². The van der Waals surface area contributed by atoms with Crippen molar-refractivity contribution in [2.45, 2.75) is 47.0 Å². The van der Waals surface area contributed by atoms with Crippen LogP contribution < -0.4 is 0 Å². The Labute approximate surface area is 81.8 Å². The standard InChI is InChI=1S/C4H8O.C4H10O.C2H6O/c1-3-4(2)5;1-2-3-4-5;1-2-3/h3H2,1-2H3;5H,2-4H2,1H3;3H,2H2,1H3. The molecule has 0 aromatic rings. The summed E-state index contributed by atoms with van der Waals surface area (Å²) in [7, 11) is 0. The molecule has 0 bridgehead atoms. The Kier molecular flexibility index (Phi) is 31.9. The number of unbranched alkanes of at least 4 members (excludes halogenated alkanes) is 1. The van der Waals surface area contributed by atoms with Gasteiger partial charge in [-0.1, -0.05) is 20.3 Å². The molecular formula is C10H24O3. The number of aliphatic hydroxyl groups is 2. The summed E-state index contributed by atoms with van der Waals surface area (Å²) in [5.41, 5.74) is 0. The van der Waals surface area contributed by atoms with E-state index in [1.54, 1.807) is 13.8 Å².